The van der Waals surface area contributed by atoms with Crippen LogP contribution < -0.4 is 0 Å². The number of rotatable bonds is 7. The van der Waals surface area contributed by atoms with E-state index in [2.05, 4.69) is 181 Å². The van der Waals surface area contributed by atoms with Crippen LogP contribution in [0.15, 0.2) is 215 Å². The molecule has 0 bridgehead atoms. The van der Waals surface area contributed by atoms with Crippen molar-refractivity contribution in [2.75, 3.05) is 0 Å². The van der Waals surface area contributed by atoms with Crippen molar-refractivity contribution in [3.05, 3.63) is 244 Å². The number of nitrogens with zero attached hydrogens (tertiary/aromatic N) is 4. The van der Waals surface area contributed by atoms with Crippen molar-refractivity contribution in [2.24, 2.45) is 21.8 Å². The highest BCUT2D eigenvalue weighted by Crippen LogP contribution is 2.57. The molecule has 3 unspecified atom stereocenters. The number of amidine groups is 1. The Morgan fingerprint density at radius 1 is 0.703 bits per heavy atom. The summed E-state index contributed by atoms with van der Waals surface area (Å²) >= 11 is 1.83. The molecular weight excluding hydrogens is 797 g/mol. The summed E-state index contributed by atoms with van der Waals surface area (Å²) in [6, 6.07) is 45.2. The van der Waals surface area contributed by atoms with E-state index in [1.807, 2.05) is 23.5 Å². The summed E-state index contributed by atoms with van der Waals surface area (Å²) in [5.74, 6) is 1.32. The number of aromatic nitrogens is 2. The summed E-state index contributed by atoms with van der Waals surface area (Å²) in [6.45, 7) is 6.89. The fourth-order valence-electron chi connectivity index (χ4n) is 10.8. The molecule has 0 radical (unpaired) electrons. The van der Waals surface area contributed by atoms with Crippen molar-refractivity contribution >= 4 is 60.7 Å². The van der Waals surface area contributed by atoms with Crippen LogP contribution in [0.3, 0.4) is 0 Å². The lowest BCUT2D eigenvalue weighted by Gasteiger charge is -2.30. The number of allylic oxidation sites excluding steroid dienone is 14. The Labute approximate surface area is 378 Å². The van der Waals surface area contributed by atoms with Gasteiger partial charge in [-0.05, 0) is 95.4 Å². The molecule has 2 aromatic heterocycles. The number of hydrogen-bond donors (Lipinski definition) is 0. The Balaban J connectivity index is 0.985. The van der Waals surface area contributed by atoms with Gasteiger partial charge in [-0.3, -0.25) is 0 Å². The van der Waals surface area contributed by atoms with Gasteiger partial charge in [0.1, 0.15) is 5.01 Å². The van der Waals surface area contributed by atoms with Crippen LogP contribution in [-0.4, -0.2) is 21.1 Å². The molecule has 5 aliphatic carbocycles. The van der Waals surface area contributed by atoms with Crippen LogP contribution >= 0.6 is 11.3 Å². The molecule has 0 saturated carbocycles. The molecule has 5 aromatic carbocycles. The quantitative estimate of drug-likeness (QED) is 0.116. The van der Waals surface area contributed by atoms with Gasteiger partial charge in [-0.25, -0.2) is 15.0 Å². The number of fused-ring (bicyclic) bond motifs is 8. The molecule has 308 valence electrons. The van der Waals surface area contributed by atoms with Crippen LogP contribution in [-0.2, 0) is 6.42 Å². The van der Waals surface area contributed by atoms with Crippen molar-refractivity contribution in [3.8, 4) is 5.69 Å². The summed E-state index contributed by atoms with van der Waals surface area (Å²) < 4.78 is 3.75. The first-order valence-electron chi connectivity index (χ1n) is 22.5. The van der Waals surface area contributed by atoms with Gasteiger partial charge in [-0.15, -0.1) is 11.3 Å². The number of aryl methyl sites for hydroxylation is 1. The Kier molecular flexibility index (Phi) is 9.53. The molecule has 3 atom stereocenters. The maximum atomic E-state index is 5.43. The van der Waals surface area contributed by atoms with Crippen molar-refractivity contribution in [3.63, 3.8) is 0 Å². The number of thiazole rings is 1. The fraction of sp³-hybridized carbons (Fsp3) is 0.136. The van der Waals surface area contributed by atoms with E-state index in [1.54, 1.807) is 0 Å². The standard InChI is InChI=1S/C59H46N4S/c1-37(39-17-5-3-6-18-39)60-58(42-20-7-4-8-21-42)61-38(2)54-48-26-12-11-24-46(48)49-35-36-50-47-25-13-14-29-52(47)63(56(50)55(49)54)53-30-16-28-51-57(53)64-59(62-51)43-33-31-41(32-34-43)45-27-15-22-40-19-9-10-23-44(40)45/h3-31,33,44-45,54H,2,32,34-36H2,1H3/b60-37+,61-58-. The van der Waals surface area contributed by atoms with Crippen molar-refractivity contribution in [1.29, 1.82) is 0 Å². The Bertz CT molecular complexity index is 3360. The van der Waals surface area contributed by atoms with Crippen LogP contribution in [0.1, 0.15) is 70.6 Å². The fourth-order valence-corrected chi connectivity index (χ4v) is 11.9. The molecule has 5 aliphatic rings. The summed E-state index contributed by atoms with van der Waals surface area (Å²) in [5, 5.41) is 2.41. The van der Waals surface area contributed by atoms with E-state index < -0.39 is 0 Å². The smallest absolute Gasteiger partial charge is 0.159 e. The van der Waals surface area contributed by atoms with Gasteiger partial charge in [0.2, 0.25) is 0 Å². The zero-order chi connectivity index (χ0) is 42.7. The predicted molar refractivity (Wildman–Crippen MR) is 269 cm³/mol. The van der Waals surface area contributed by atoms with Gasteiger partial charge >= 0.3 is 0 Å². The van der Waals surface area contributed by atoms with Gasteiger partial charge in [0, 0.05) is 34.2 Å². The molecule has 7 aromatic rings. The van der Waals surface area contributed by atoms with Crippen LogP contribution in [0.5, 0.6) is 0 Å². The number of para-hydroxylation sites is 1. The summed E-state index contributed by atoms with van der Waals surface area (Å²) in [6.07, 6.45) is 24.5. The number of hydrogen-bond acceptors (Lipinski definition) is 3. The average Bonchev–Trinajstić information content (AvgIpc) is 4.05. The SMILES string of the molecule is C=C(/N=C(\N=C(/C)c1ccccc1)c1ccccc1)C1C2=C(CCc3c2n(-c2cccc4nc(C5=CC=C(C6C=CC=C7C=CC=CC76)CC5)sc24)c2ccccc32)c2ccccc21. The van der Waals surface area contributed by atoms with Gasteiger partial charge < -0.3 is 4.57 Å². The lowest BCUT2D eigenvalue weighted by atomic mass is 9.74. The predicted octanol–water partition coefficient (Wildman–Crippen LogP) is 14.6. The minimum absolute atomic E-state index is 0.158. The average molecular weight is 843 g/mol. The van der Waals surface area contributed by atoms with Gasteiger partial charge in [0.25, 0.3) is 0 Å². The third-order valence-corrected chi connectivity index (χ3v) is 14.9. The van der Waals surface area contributed by atoms with E-state index in [0.717, 1.165) is 58.7 Å². The molecule has 0 spiro atoms. The van der Waals surface area contributed by atoms with E-state index in [1.165, 1.54) is 71.5 Å². The van der Waals surface area contributed by atoms with Gasteiger partial charge in [-0.1, -0.05) is 176 Å². The van der Waals surface area contributed by atoms with Crippen LogP contribution in [0.25, 0.3) is 43.5 Å². The van der Waals surface area contributed by atoms with E-state index in [-0.39, 0.29) is 5.92 Å². The first-order valence-corrected chi connectivity index (χ1v) is 23.3. The minimum Gasteiger partial charge on any atom is -0.308 e. The molecule has 0 amide bonds. The second-order valence-corrected chi connectivity index (χ2v) is 18.4. The molecule has 5 heteroatoms. The maximum absolute atomic E-state index is 5.43. The molecule has 12 rings (SSSR count). The number of benzene rings is 5. The Hall–Kier alpha value is -7.21. The van der Waals surface area contributed by atoms with Crippen molar-refractivity contribution in [1.82, 2.24) is 9.55 Å². The normalized spacial score (nSPS) is 20.1. The zero-order valence-electron chi connectivity index (χ0n) is 35.8. The maximum Gasteiger partial charge on any atom is 0.159 e. The van der Waals surface area contributed by atoms with Crippen LogP contribution in [0.4, 0.5) is 0 Å². The second-order valence-electron chi connectivity index (χ2n) is 17.4. The molecule has 0 aliphatic heterocycles. The lowest BCUT2D eigenvalue weighted by molar-refractivity contribution is 0.585. The zero-order valence-corrected chi connectivity index (χ0v) is 36.6. The molecule has 0 saturated heterocycles. The summed E-state index contributed by atoms with van der Waals surface area (Å²) in [5.41, 5.74) is 19.2. The van der Waals surface area contributed by atoms with E-state index >= 15 is 0 Å². The number of aliphatic imine (C=N–C) groups is 2. The van der Waals surface area contributed by atoms with Gasteiger partial charge in [0.05, 0.1) is 33.0 Å². The summed E-state index contributed by atoms with van der Waals surface area (Å²) in [4.78, 5) is 16.0. The topological polar surface area (TPSA) is 42.5 Å². The lowest BCUT2D eigenvalue weighted by Crippen LogP contribution is -2.19. The highest BCUT2D eigenvalue weighted by Gasteiger charge is 2.40. The molecular formula is C59H46N4S. The molecule has 0 N–H and O–H groups in total. The van der Waals surface area contributed by atoms with Gasteiger partial charge in [-0.2, -0.15) is 0 Å². The van der Waals surface area contributed by atoms with E-state index in [0.29, 0.717) is 17.7 Å². The first-order chi connectivity index (χ1) is 31.6. The van der Waals surface area contributed by atoms with E-state index in [9.17, 15) is 0 Å². The molecule has 64 heavy (non-hydrogen) atoms. The van der Waals surface area contributed by atoms with Gasteiger partial charge in [0.15, 0.2) is 5.84 Å². The van der Waals surface area contributed by atoms with Crippen molar-refractivity contribution < 1.29 is 0 Å². The summed E-state index contributed by atoms with van der Waals surface area (Å²) in [7, 11) is 0. The van der Waals surface area contributed by atoms with Crippen LogP contribution in [0.2, 0.25) is 0 Å². The molecule has 0 fully saturated rings. The monoisotopic (exact) mass is 842 g/mol. The molecule has 2 heterocycles. The Morgan fingerprint density at radius 2 is 1.48 bits per heavy atom. The third-order valence-electron chi connectivity index (χ3n) is 13.8. The molecule has 4 nitrogen and oxygen atoms in total. The largest absolute Gasteiger partial charge is 0.308 e. The highest BCUT2D eigenvalue weighted by atomic mass is 32.1. The second kappa shape index (κ2) is 15.9. The first kappa shape index (κ1) is 38.5. The third kappa shape index (κ3) is 6.45. The minimum atomic E-state index is -0.158. The van der Waals surface area contributed by atoms with E-state index in [4.69, 9.17) is 21.5 Å². The highest BCUT2D eigenvalue weighted by molar-refractivity contribution is 7.20. The van der Waals surface area contributed by atoms with Crippen LogP contribution in [0, 0.1) is 11.8 Å². The Morgan fingerprint density at radius 3 is 2.33 bits per heavy atom. The van der Waals surface area contributed by atoms with Crippen molar-refractivity contribution in [2.45, 2.75) is 38.5 Å².